The van der Waals surface area contributed by atoms with Crippen LogP contribution < -0.4 is 0 Å². The number of carbonyl (C=O) groups excluding carboxylic acids is 1. The van der Waals surface area contributed by atoms with Crippen LogP contribution in [0.2, 0.25) is 0 Å². The molecule has 0 radical (unpaired) electrons. The van der Waals surface area contributed by atoms with Gasteiger partial charge in [-0.3, -0.25) is 9.69 Å². The van der Waals surface area contributed by atoms with Crippen LogP contribution in [0.3, 0.4) is 0 Å². The highest BCUT2D eigenvalue weighted by Gasteiger charge is 2.33. The van der Waals surface area contributed by atoms with Crippen LogP contribution in [0.25, 0.3) is 0 Å². The predicted octanol–water partition coefficient (Wildman–Crippen LogP) is 4.47. The second-order valence-electron chi connectivity index (χ2n) is 8.12. The van der Waals surface area contributed by atoms with Gasteiger partial charge in [-0.25, -0.2) is 5.01 Å². The maximum Gasteiger partial charge on any atom is 0.257 e. The summed E-state index contributed by atoms with van der Waals surface area (Å²) in [4.78, 5) is 15.4. The molecule has 2 aliphatic heterocycles. The topological polar surface area (TPSA) is 35.9 Å². The van der Waals surface area contributed by atoms with Crippen molar-refractivity contribution in [2.45, 2.75) is 45.6 Å². The first-order valence-corrected chi connectivity index (χ1v) is 10.4. The Hall–Kier alpha value is -2.46. The third-order valence-electron chi connectivity index (χ3n) is 5.82. The minimum Gasteiger partial charge on any atom is -0.294 e. The number of nitrogens with zero attached hydrogens (tertiary/aromatic N) is 3. The third-order valence-corrected chi connectivity index (χ3v) is 5.82. The third kappa shape index (κ3) is 4.17. The molecule has 1 amide bonds. The van der Waals surface area contributed by atoms with Gasteiger partial charge in [-0.15, -0.1) is 0 Å². The van der Waals surface area contributed by atoms with Crippen molar-refractivity contribution in [2.75, 3.05) is 19.6 Å². The molecule has 146 valence electrons. The lowest BCUT2D eigenvalue weighted by Crippen LogP contribution is -2.40. The van der Waals surface area contributed by atoms with Crippen LogP contribution in [-0.4, -0.2) is 41.2 Å². The van der Waals surface area contributed by atoms with E-state index in [-0.39, 0.29) is 11.9 Å². The normalized spacial score (nSPS) is 20.3. The lowest BCUT2D eigenvalue weighted by molar-refractivity contribution is -0.134. The van der Waals surface area contributed by atoms with Gasteiger partial charge in [-0.1, -0.05) is 66.1 Å². The second kappa shape index (κ2) is 8.27. The summed E-state index contributed by atoms with van der Waals surface area (Å²) in [5.41, 5.74) is 5.72. The Bertz CT molecular complexity index is 848. The van der Waals surface area contributed by atoms with Crippen LogP contribution in [0.4, 0.5) is 0 Å². The van der Waals surface area contributed by atoms with Crippen LogP contribution in [0.15, 0.2) is 53.6 Å². The van der Waals surface area contributed by atoms with Crippen LogP contribution in [0.5, 0.6) is 0 Å². The van der Waals surface area contributed by atoms with Crippen LogP contribution >= 0.6 is 0 Å². The van der Waals surface area contributed by atoms with Crippen LogP contribution in [-0.2, 0) is 4.79 Å². The first kappa shape index (κ1) is 18.9. The molecular formula is C24H29N3O. The van der Waals surface area contributed by atoms with E-state index in [1.54, 1.807) is 5.01 Å². The van der Waals surface area contributed by atoms with Crippen molar-refractivity contribution in [3.8, 4) is 0 Å². The zero-order valence-electron chi connectivity index (χ0n) is 16.9. The van der Waals surface area contributed by atoms with Gasteiger partial charge in [0, 0.05) is 6.42 Å². The first-order chi connectivity index (χ1) is 13.6. The Balaban J connectivity index is 1.59. The lowest BCUT2D eigenvalue weighted by Gasteiger charge is -2.29. The van der Waals surface area contributed by atoms with Gasteiger partial charge in [-0.05, 0) is 50.9 Å². The summed E-state index contributed by atoms with van der Waals surface area (Å²) < 4.78 is 0. The van der Waals surface area contributed by atoms with Gasteiger partial charge >= 0.3 is 0 Å². The molecule has 0 spiro atoms. The van der Waals surface area contributed by atoms with Gasteiger partial charge in [-0.2, -0.15) is 5.10 Å². The molecule has 0 unspecified atom stereocenters. The van der Waals surface area contributed by atoms with Crippen molar-refractivity contribution in [1.29, 1.82) is 0 Å². The van der Waals surface area contributed by atoms with Crippen LogP contribution in [0.1, 0.15) is 54.0 Å². The van der Waals surface area contributed by atoms with E-state index in [1.807, 2.05) is 0 Å². The number of carbonyl (C=O) groups is 1. The molecule has 2 heterocycles. The molecule has 2 aromatic rings. The number of piperidine rings is 1. The number of likely N-dealkylation sites (tertiary alicyclic amines) is 1. The molecule has 1 atom stereocenters. The molecular weight excluding hydrogens is 346 g/mol. The molecule has 1 saturated heterocycles. The number of hydrogen-bond acceptors (Lipinski definition) is 3. The van der Waals surface area contributed by atoms with Crippen LogP contribution in [0, 0.1) is 13.8 Å². The molecule has 0 bridgehead atoms. The van der Waals surface area contributed by atoms with E-state index in [0.717, 1.165) is 36.3 Å². The van der Waals surface area contributed by atoms with Crippen molar-refractivity contribution in [3.63, 3.8) is 0 Å². The fraction of sp³-hybridized carbons (Fsp3) is 0.417. The zero-order chi connectivity index (χ0) is 19.5. The van der Waals surface area contributed by atoms with Gasteiger partial charge in [0.15, 0.2) is 0 Å². The summed E-state index contributed by atoms with van der Waals surface area (Å²) in [7, 11) is 0. The van der Waals surface area contributed by atoms with Gasteiger partial charge in [0.1, 0.15) is 0 Å². The first-order valence-electron chi connectivity index (χ1n) is 10.4. The lowest BCUT2D eigenvalue weighted by atomic mass is 9.97. The maximum atomic E-state index is 13.2. The van der Waals surface area contributed by atoms with E-state index < -0.39 is 0 Å². The SMILES string of the molecule is Cc1ccc(C2=NN(C(=O)CN3CCCCC3)[C@H](c3ccc(C)cc3)C2)cc1. The summed E-state index contributed by atoms with van der Waals surface area (Å²) in [5.74, 6) is 0.106. The summed E-state index contributed by atoms with van der Waals surface area (Å²) >= 11 is 0. The minimum absolute atomic E-state index is 0.0193. The van der Waals surface area contributed by atoms with E-state index in [4.69, 9.17) is 5.10 Å². The van der Waals surface area contributed by atoms with Crippen molar-refractivity contribution < 1.29 is 4.79 Å². The summed E-state index contributed by atoms with van der Waals surface area (Å²) in [5, 5.41) is 6.55. The molecule has 4 heteroatoms. The monoisotopic (exact) mass is 375 g/mol. The number of amides is 1. The van der Waals surface area contributed by atoms with Gasteiger partial charge in [0.2, 0.25) is 0 Å². The van der Waals surface area contributed by atoms with E-state index in [1.165, 1.54) is 30.4 Å². The Kier molecular flexibility index (Phi) is 5.58. The standard InChI is InChI=1S/C24H29N3O/c1-18-6-10-20(11-7-18)22-16-23(21-12-8-19(2)9-13-21)27(25-22)24(28)17-26-14-4-3-5-15-26/h6-13,23H,3-5,14-17H2,1-2H3/t23-/m0/s1. The molecule has 4 nitrogen and oxygen atoms in total. The van der Waals surface area contributed by atoms with Gasteiger partial charge < -0.3 is 0 Å². The number of benzene rings is 2. The number of hydrogen-bond donors (Lipinski definition) is 0. The average molecular weight is 376 g/mol. The van der Waals surface area contributed by atoms with E-state index >= 15 is 0 Å². The van der Waals surface area contributed by atoms with Crippen molar-refractivity contribution >= 4 is 11.6 Å². The number of rotatable bonds is 4. The van der Waals surface area contributed by atoms with Gasteiger partial charge in [0.25, 0.3) is 5.91 Å². The number of aryl methyl sites for hydroxylation is 2. The summed E-state index contributed by atoms with van der Waals surface area (Å²) in [6, 6.07) is 16.9. The molecule has 0 aromatic heterocycles. The quantitative estimate of drug-likeness (QED) is 0.791. The molecule has 0 N–H and O–H groups in total. The molecule has 2 aliphatic rings. The highest BCUT2D eigenvalue weighted by Crippen LogP contribution is 2.33. The van der Waals surface area contributed by atoms with E-state index in [0.29, 0.717) is 6.54 Å². The molecule has 2 aromatic carbocycles. The molecule has 0 aliphatic carbocycles. The minimum atomic E-state index is -0.0193. The second-order valence-corrected chi connectivity index (χ2v) is 8.12. The Morgan fingerprint density at radius 3 is 2.18 bits per heavy atom. The average Bonchev–Trinajstić information content (AvgIpc) is 3.15. The Morgan fingerprint density at radius 2 is 1.54 bits per heavy atom. The van der Waals surface area contributed by atoms with E-state index in [2.05, 4.69) is 67.3 Å². The van der Waals surface area contributed by atoms with Crippen molar-refractivity contribution in [2.24, 2.45) is 5.10 Å². The summed E-state index contributed by atoms with van der Waals surface area (Å²) in [6.07, 6.45) is 4.41. The van der Waals surface area contributed by atoms with Crippen molar-refractivity contribution in [1.82, 2.24) is 9.91 Å². The fourth-order valence-corrected chi connectivity index (χ4v) is 4.09. The van der Waals surface area contributed by atoms with Crippen molar-refractivity contribution in [3.05, 3.63) is 70.8 Å². The van der Waals surface area contributed by atoms with Gasteiger partial charge in [0.05, 0.1) is 18.3 Å². The zero-order valence-corrected chi connectivity index (χ0v) is 16.9. The molecule has 28 heavy (non-hydrogen) atoms. The molecule has 4 rings (SSSR count). The smallest absolute Gasteiger partial charge is 0.257 e. The Labute approximate surface area is 167 Å². The van der Waals surface area contributed by atoms with E-state index in [9.17, 15) is 4.79 Å². The predicted molar refractivity (Wildman–Crippen MR) is 113 cm³/mol. The highest BCUT2D eigenvalue weighted by molar-refractivity contribution is 6.03. The Morgan fingerprint density at radius 1 is 0.929 bits per heavy atom. The summed E-state index contributed by atoms with van der Waals surface area (Å²) in [6.45, 7) is 6.68. The number of hydrazone groups is 1. The largest absolute Gasteiger partial charge is 0.294 e. The highest BCUT2D eigenvalue weighted by atomic mass is 16.2. The molecule has 1 fully saturated rings. The molecule has 0 saturated carbocycles. The maximum absolute atomic E-state index is 13.2. The fourth-order valence-electron chi connectivity index (χ4n) is 4.09.